The lowest BCUT2D eigenvalue weighted by molar-refractivity contribution is -0.113. The van der Waals surface area contributed by atoms with Crippen LogP contribution in [0.15, 0.2) is 93.2 Å². The predicted octanol–water partition coefficient (Wildman–Crippen LogP) is 6.08. The third-order valence-electron chi connectivity index (χ3n) is 7.16. The first kappa shape index (κ1) is 31.0. The van der Waals surface area contributed by atoms with Crippen LogP contribution < -0.4 is 29.7 Å². The number of para-hydroxylation sites is 1. The molecule has 2 aromatic heterocycles. The van der Waals surface area contributed by atoms with Crippen LogP contribution in [0.5, 0.6) is 11.5 Å². The zero-order valence-electron chi connectivity index (χ0n) is 24.1. The van der Waals surface area contributed by atoms with E-state index in [4.69, 9.17) is 9.47 Å². The molecule has 7 nitrogen and oxygen atoms in total. The summed E-state index contributed by atoms with van der Waals surface area (Å²) in [4.78, 5) is 33.3. The first-order valence-electron chi connectivity index (χ1n) is 13.7. The summed E-state index contributed by atoms with van der Waals surface area (Å²) in [6.07, 6.45) is 1.60. The third kappa shape index (κ3) is 5.86. The van der Waals surface area contributed by atoms with Gasteiger partial charge in [-0.05, 0) is 54.3 Å². The molecule has 13 heteroatoms. The molecule has 0 radical (unpaired) electrons. The average Bonchev–Trinajstić information content (AvgIpc) is 3.68. The minimum Gasteiger partial charge on any atom is -0.496 e. The van der Waals surface area contributed by atoms with Crippen molar-refractivity contribution >= 4 is 40.3 Å². The van der Waals surface area contributed by atoms with Crippen LogP contribution >= 0.6 is 22.7 Å². The fourth-order valence-electron chi connectivity index (χ4n) is 5.03. The Morgan fingerprint density at radius 2 is 1.76 bits per heavy atom. The number of nitrogens with zero attached hydrogens (tertiary/aromatic N) is 2. The molecule has 46 heavy (non-hydrogen) atoms. The van der Waals surface area contributed by atoms with Crippen molar-refractivity contribution in [2.24, 2.45) is 4.99 Å². The van der Waals surface area contributed by atoms with Gasteiger partial charge in [0.15, 0.2) is 22.2 Å². The van der Waals surface area contributed by atoms with Gasteiger partial charge >= 0.3 is 0 Å². The van der Waals surface area contributed by atoms with E-state index >= 15 is 0 Å². The minimum absolute atomic E-state index is 0.0950. The molecule has 1 atom stereocenters. The summed E-state index contributed by atoms with van der Waals surface area (Å²) < 4.78 is 68.0. The van der Waals surface area contributed by atoms with E-state index in [1.807, 2.05) is 23.6 Å². The number of benzene rings is 3. The normalized spacial score (nSPS) is 14.6. The lowest BCUT2D eigenvalue weighted by Crippen LogP contribution is -2.40. The number of thiazole rings is 1. The predicted molar refractivity (Wildman–Crippen MR) is 167 cm³/mol. The van der Waals surface area contributed by atoms with E-state index < -0.39 is 41.7 Å². The Kier molecular flexibility index (Phi) is 8.61. The monoisotopic (exact) mass is 665 g/mol. The number of ether oxygens (including phenoxy) is 2. The Bertz CT molecular complexity index is 2150. The van der Waals surface area contributed by atoms with Crippen LogP contribution in [0.2, 0.25) is 0 Å². The van der Waals surface area contributed by atoms with Gasteiger partial charge in [-0.3, -0.25) is 14.2 Å². The number of hydrogen-bond donors (Lipinski definition) is 1. The number of halogens is 4. The summed E-state index contributed by atoms with van der Waals surface area (Å²) >= 11 is 2.54. The molecule has 5 aromatic rings. The highest BCUT2D eigenvalue weighted by molar-refractivity contribution is 7.10. The van der Waals surface area contributed by atoms with E-state index in [9.17, 15) is 27.2 Å². The second-order valence-electron chi connectivity index (χ2n) is 10.1. The number of carbonyl (C=O) groups is 1. The molecule has 1 aliphatic rings. The number of rotatable bonds is 8. The molecular weight excluding hydrogens is 643 g/mol. The van der Waals surface area contributed by atoms with Gasteiger partial charge in [0.2, 0.25) is 11.6 Å². The zero-order chi connectivity index (χ0) is 32.5. The van der Waals surface area contributed by atoms with Crippen LogP contribution in [0.4, 0.5) is 23.2 Å². The maximum Gasteiger partial charge on any atom is 0.271 e. The van der Waals surface area contributed by atoms with Gasteiger partial charge in [0.1, 0.15) is 18.4 Å². The SMILES string of the molecule is COc1ccc(/C=c2/sc3n(c2=O)C(c2cccs2)C(C(=O)Nc2ccccc2)=C(C)N=3)cc1COc1c(F)c(F)cc(F)c1F. The molecule has 0 fully saturated rings. The highest BCUT2D eigenvalue weighted by Crippen LogP contribution is 2.33. The Hall–Kier alpha value is -5.01. The van der Waals surface area contributed by atoms with Gasteiger partial charge in [-0.15, -0.1) is 11.3 Å². The highest BCUT2D eigenvalue weighted by atomic mass is 32.1. The molecule has 3 heterocycles. The summed E-state index contributed by atoms with van der Waals surface area (Å²) in [6, 6.07) is 16.8. The highest BCUT2D eigenvalue weighted by Gasteiger charge is 2.33. The Morgan fingerprint density at radius 3 is 2.43 bits per heavy atom. The number of nitrogens with one attached hydrogen (secondary N) is 1. The maximum atomic E-state index is 14.2. The Balaban J connectivity index is 1.38. The van der Waals surface area contributed by atoms with Crippen molar-refractivity contribution in [2.45, 2.75) is 19.6 Å². The van der Waals surface area contributed by atoms with Crippen molar-refractivity contribution in [1.82, 2.24) is 4.57 Å². The number of thiophene rings is 1. The number of anilines is 1. The molecule has 0 saturated carbocycles. The van der Waals surface area contributed by atoms with Crippen LogP contribution in [0.25, 0.3) is 6.08 Å². The number of aromatic nitrogens is 1. The van der Waals surface area contributed by atoms with E-state index in [1.165, 1.54) is 23.0 Å². The molecule has 1 amide bonds. The van der Waals surface area contributed by atoms with Gasteiger partial charge in [0.05, 0.1) is 22.9 Å². The second-order valence-corrected chi connectivity index (χ2v) is 12.1. The molecule has 1 aliphatic heterocycles. The third-order valence-corrected chi connectivity index (χ3v) is 9.06. The molecule has 0 saturated heterocycles. The number of amides is 1. The van der Waals surface area contributed by atoms with E-state index in [1.54, 1.807) is 55.5 Å². The Morgan fingerprint density at radius 1 is 1.02 bits per heavy atom. The van der Waals surface area contributed by atoms with Crippen molar-refractivity contribution in [3.63, 3.8) is 0 Å². The van der Waals surface area contributed by atoms with Gasteiger partial charge in [-0.25, -0.2) is 13.8 Å². The standard InChI is InChI=1S/C33H23F4N3O4S2/c1-17-26(31(41)39-20-7-4-3-5-8-20)29(24-9-6-12-45-24)40-32(42)25(46-33(40)38-17)14-18-10-11-23(43-2)19(13-18)16-44-30-27(36)21(34)15-22(35)28(30)37/h3-15,29H,16H2,1-2H3,(H,39,41)/b25-14+. The second kappa shape index (κ2) is 12.8. The summed E-state index contributed by atoms with van der Waals surface area (Å²) in [7, 11) is 1.37. The smallest absolute Gasteiger partial charge is 0.271 e. The van der Waals surface area contributed by atoms with E-state index in [0.717, 1.165) is 16.2 Å². The molecule has 6 rings (SSSR count). The van der Waals surface area contributed by atoms with Gasteiger partial charge in [-0.1, -0.05) is 41.7 Å². The first-order chi connectivity index (χ1) is 22.2. The number of allylic oxidation sites excluding steroid dienone is 1. The summed E-state index contributed by atoms with van der Waals surface area (Å²) in [5.74, 6) is -7.83. The molecule has 0 spiro atoms. The molecule has 1 unspecified atom stereocenters. The van der Waals surface area contributed by atoms with Crippen molar-refractivity contribution in [1.29, 1.82) is 0 Å². The van der Waals surface area contributed by atoms with E-state index in [-0.39, 0.29) is 23.3 Å². The number of methoxy groups -OCH3 is 1. The first-order valence-corrected chi connectivity index (χ1v) is 15.4. The summed E-state index contributed by atoms with van der Waals surface area (Å²) in [6.45, 7) is 1.23. The largest absolute Gasteiger partial charge is 0.496 e. The molecule has 0 bridgehead atoms. The topological polar surface area (TPSA) is 81.9 Å². The average molecular weight is 666 g/mol. The van der Waals surface area contributed by atoms with Gasteiger partial charge < -0.3 is 14.8 Å². The van der Waals surface area contributed by atoms with Gasteiger partial charge in [0.25, 0.3) is 11.5 Å². The zero-order valence-corrected chi connectivity index (χ0v) is 25.8. The summed E-state index contributed by atoms with van der Waals surface area (Å²) in [5.41, 5.74) is 1.82. The van der Waals surface area contributed by atoms with Crippen molar-refractivity contribution in [2.75, 3.05) is 12.4 Å². The lowest BCUT2D eigenvalue weighted by Gasteiger charge is -2.24. The molecular formula is C33H23F4N3O4S2. The van der Waals surface area contributed by atoms with Crippen LogP contribution in [0.1, 0.15) is 29.0 Å². The maximum absolute atomic E-state index is 14.2. The lowest BCUT2D eigenvalue weighted by atomic mass is 10.0. The number of carbonyl (C=O) groups excluding carboxylic acids is 1. The molecule has 0 aliphatic carbocycles. The van der Waals surface area contributed by atoms with Crippen molar-refractivity contribution < 1.29 is 31.8 Å². The Labute approximate surface area is 267 Å². The van der Waals surface area contributed by atoms with Gasteiger partial charge in [-0.2, -0.15) is 8.78 Å². The van der Waals surface area contributed by atoms with Crippen LogP contribution in [-0.2, 0) is 11.4 Å². The van der Waals surface area contributed by atoms with Crippen molar-refractivity contribution in [3.8, 4) is 11.5 Å². The fourth-order valence-corrected chi connectivity index (χ4v) is 6.90. The fraction of sp³-hybridized carbons (Fsp3) is 0.121. The molecule has 3 aromatic carbocycles. The van der Waals surface area contributed by atoms with E-state index in [0.29, 0.717) is 37.4 Å². The van der Waals surface area contributed by atoms with Crippen LogP contribution in [-0.4, -0.2) is 17.6 Å². The molecule has 234 valence electrons. The quantitative estimate of drug-likeness (QED) is 0.161. The van der Waals surface area contributed by atoms with Crippen LogP contribution in [0, 0.1) is 23.3 Å². The minimum atomic E-state index is -1.66. The number of hydrogen-bond acceptors (Lipinski definition) is 7. The van der Waals surface area contributed by atoms with Crippen molar-refractivity contribution in [3.05, 3.63) is 142 Å². The van der Waals surface area contributed by atoms with Crippen LogP contribution in [0.3, 0.4) is 0 Å². The molecule has 1 N–H and O–H groups in total. The van der Waals surface area contributed by atoms with E-state index in [2.05, 4.69) is 10.3 Å². The number of fused-ring (bicyclic) bond motifs is 1. The summed E-state index contributed by atoms with van der Waals surface area (Å²) in [5, 5.41) is 4.77. The van der Waals surface area contributed by atoms with Gasteiger partial charge in [0, 0.05) is 22.2 Å².